The number of thioether (sulfide) groups is 2. The second-order valence-electron chi connectivity index (χ2n) is 9.59. The van der Waals surface area contributed by atoms with E-state index in [1.807, 2.05) is 0 Å². The lowest BCUT2D eigenvalue weighted by atomic mass is 10.00. The summed E-state index contributed by atoms with van der Waals surface area (Å²) in [6.45, 7) is 2.96. The molecular weight excluding hydrogens is 600 g/mol. The van der Waals surface area contributed by atoms with Gasteiger partial charge < -0.3 is 25.5 Å². The monoisotopic (exact) mass is 626 g/mol. The summed E-state index contributed by atoms with van der Waals surface area (Å²) in [6.07, 6.45) is 1.35. The predicted molar refractivity (Wildman–Crippen MR) is 154 cm³/mol. The minimum Gasteiger partial charge on any atom is -0.478 e. The number of nitrogens with zero attached hydrogens (tertiary/aromatic N) is 4. The Kier molecular flexibility index (Phi) is 8.81. The van der Waals surface area contributed by atoms with Gasteiger partial charge in [-0.1, -0.05) is 42.1 Å². The van der Waals surface area contributed by atoms with Crippen LogP contribution in [0.1, 0.15) is 24.2 Å². The van der Waals surface area contributed by atoms with Crippen LogP contribution in [0.25, 0.3) is 0 Å². The number of aryl methyl sites for hydroxylation is 1. The summed E-state index contributed by atoms with van der Waals surface area (Å²) in [7, 11) is 0. The Labute approximate surface area is 252 Å². The van der Waals surface area contributed by atoms with Gasteiger partial charge in [0.1, 0.15) is 23.2 Å². The van der Waals surface area contributed by atoms with E-state index in [1.54, 1.807) is 44.2 Å². The molecular formula is C26H26N8O7S2. The SMILES string of the molecule is Cc1cc(=O)c(OCC(=O)NC(C(=O)NC2C(=O)N3C(C(=O)O)=C(C(C)Sc4nnn[nH]4)CS[C@H]23)c2ccccc2)c[nH]1. The largest absolute Gasteiger partial charge is 0.478 e. The Morgan fingerprint density at radius 2 is 2.02 bits per heavy atom. The number of ether oxygens (including phenoxy) is 1. The van der Waals surface area contributed by atoms with Crippen molar-refractivity contribution in [1.29, 1.82) is 0 Å². The van der Waals surface area contributed by atoms with Crippen molar-refractivity contribution in [3.05, 3.63) is 75.3 Å². The van der Waals surface area contributed by atoms with Crippen molar-refractivity contribution in [1.82, 2.24) is 41.1 Å². The Hall–Kier alpha value is -4.64. The van der Waals surface area contributed by atoms with Crippen LogP contribution in [0.5, 0.6) is 5.75 Å². The Balaban J connectivity index is 1.28. The highest BCUT2D eigenvalue weighted by atomic mass is 32.2. The summed E-state index contributed by atoms with van der Waals surface area (Å²) in [6, 6.07) is 7.53. The molecule has 5 N–H and O–H groups in total. The second kappa shape index (κ2) is 12.7. The number of fused-ring (bicyclic) bond motifs is 1. The number of rotatable bonds is 11. The standard InChI is InChI=1S/C26H26N8O7S2/c1-12-8-16(35)17(9-27-12)41-10-18(36)28-19(14-6-4-3-5-7-14)22(37)29-20-23(38)34-21(25(39)40)15(11-42-24(20)34)13(2)43-26-30-32-33-31-26/h3-9,13,19-20,24H,10-11H2,1-2H3,(H,27,35)(H,28,36)(H,29,37)(H,39,40)(H,30,31,32,33)/t13?,19?,20?,24-/m1/s1. The number of hydrogen-bond acceptors (Lipinski definition) is 11. The molecule has 4 atom stereocenters. The van der Waals surface area contributed by atoms with Crippen LogP contribution >= 0.6 is 23.5 Å². The van der Waals surface area contributed by atoms with Gasteiger partial charge in [0, 0.05) is 29.0 Å². The third-order valence-electron chi connectivity index (χ3n) is 6.68. The van der Waals surface area contributed by atoms with Crippen LogP contribution in [-0.4, -0.2) is 88.3 Å². The topological polar surface area (TPSA) is 212 Å². The third-order valence-corrected chi connectivity index (χ3v) is 9.02. The molecule has 15 nitrogen and oxygen atoms in total. The highest BCUT2D eigenvalue weighted by Gasteiger charge is 2.55. The molecule has 1 saturated heterocycles. The number of carboxylic acids is 1. The molecule has 5 rings (SSSR count). The fourth-order valence-corrected chi connectivity index (χ4v) is 7.02. The van der Waals surface area contributed by atoms with Gasteiger partial charge in [0.15, 0.2) is 12.4 Å². The number of aromatic amines is 2. The van der Waals surface area contributed by atoms with Crippen molar-refractivity contribution in [2.24, 2.45) is 0 Å². The van der Waals surface area contributed by atoms with Crippen LogP contribution < -0.4 is 20.8 Å². The zero-order valence-corrected chi connectivity index (χ0v) is 24.4. The number of carbonyl (C=O) groups is 4. The van der Waals surface area contributed by atoms with Crippen LogP contribution in [0.3, 0.4) is 0 Å². The molecule has 0 aliphatic carbocycles. The van der Waals surface area contributed by atoms with Gasteiger partial charge in [-0.05, 0) is 35.4 Å². The van der Waals surface area contributed by atoms with Crippen LogP contribution in [0.2, 0.25) is 0 Å². The quantitative estimate of drug-likeness (QED) is 0.144. The van der Waals surface area contributed by atoms with Crippen molar-refractivity contribution in [2.45, 2.75) is 41.7 Å². The summed E-state index contributed by atoms with van der Waals surface area (Å²) in [5, 5.41) is 28.1. The molecule has 2 aliphatic heterocycles. The summed E-state index contributed by atoms with van der Waals surface area (Å²) in [4.78, 5) is 67.8. The molecule has 4 heterocycles. The number of carbonyl (C=O) groups excluding carboxylic acids is 3. The minimum absolute atomic E-state index is 0.0530. The normalized spacial score (nSPS) is 19.1. The van der Waals surface area contributed by atoms with E-state index < -0.39 is 53.2 Å². The first-order valence-corrected chi connectivity index (χ1v) is 14.8. The summed E-state index contributed by atoms with van der Waals surface area (Å²) in [5.41, 5.74) is 1.06. The lowest BCUT2D eigenvalue weighted by Crippen LogP contribution is -2.71. The van der Waals surface area contributed by atoms with Gasteiger partial charge in [-0.25, -0.2) is 9.89 Å². The fourth-order valence-electron chi connectivity index (χ4n) is 4.59. The van der Waals surface area contributed by atoms with Gasteiger partial charge >= 0.3 is 5.97 Å². The number of hydrogen-bond donors (Lipinski definition) is 5. The average molecular weight is 627 g/mol. The first-order valence-electron chi connectivity index (χ1n) is 12.9. The van der Waals surface area contributed by atoms with E-state index in [0.29, 0.717) is 27.7 Å². The molecule has 43 heavy (non-hydrogen) atoms. The van der Waals surface area contributed by atoms with Crippen molar-refractivity contribution >= 4 is 47.2 Å². The molecule has 17 heteroatoms. The average Bonchev–Trinajstić information content (AvgIpc) is 3.50. The molecule has 0 radical (unpaired) electrons. The van der Waals surface area contributed by atoms with Crippen LogP contribution in [0.15, 0.2) is 63.8 Å². The van der Waals surface area contributed by atoms with Gasteiger partial charge in [0.2, 0.25) is 16.5 Å². The van der Waals surface area contributed by atoms with Gasteiger partial charge in [0.05, 0.1) is 0 Å². The number of nitrogens with one attached hydrogen (secondary N) is 4. The number of aromatic nitrogens is 5. The maximum atomic E-state index is 13.5. The van der Waals surface area contributed by atoms with Gasteiger partial charge in [-0.2, -0.15) is 0 Å². The minimum atomic E-state index is -1.26. The zero-order valence-electron chi connectivity index (χ0n) is 22.8. The van der Waals surface area contributed by atoms with Gasteiger partial charge in [-0.3, -0.25) is 24.1 Å². The van der Waals surface area contributed by atoms with Gasteiger partial charge in [-0.15, -0.1) is 16.9 Å². The van der Waals surface area contributed by atoms with Crippen molar-refractivity contribution in [2.75, 3.05) is 12.4 Å². The van der Waals surface area contributed by atoms with E-state index in [-0.39, 0.29) is 16.7 Å². The van der Waals surface area contributed by atoms with Crippen LogP contribution in [0, 0.1) is 6.92 Å². The predicted octanol–water partition coefficient (Wildman–Crippen LogP) is 0.352. The van der Waals surface area contributed by atoms with Crippen molar-refractivity contribution < 1.29 is 29.0 Å². The summed E-state index contributed by atoms with van der Waals surface area (Å²) in [5.74, 6) is -2.94. The molecule has 1 fully saturated rings. The highest BCUT2D eigenvalue weighted by molar-refractivity contribution is 8.01. The van der Waals surface area contributed by atoms with E-state index in [2.05, 4.69) is 36.2 Å². The fraction of sp³-hybridized carbons (Fsp3) is 0.308. The third kappa shape index (κ3) is 6.41. The molecule has 0 saturated carbocycles. The van der Waals surface area contributed by atoms with E-state index in [9.17, 15) is 29.1 Å². The molecule has 2 aromatic heterocycles. The molecule has 3 unspecified atom stereocenters. The molecule has 3 aromatic rings. The number of pyridine rings is 1. The van der Waals surface area contributed by atoms with E-state index in [0.717, 1.165) is 0 Å². The number of H-pyrrole nitrogens is 2. The van der Waals surface area contributed by atoms with Gasteiger partial charge in [0.25, 0.3) is 11.8 Å². The first-order chi connectivity index (χ1) is 20.6. The van der Waals surface area contributed by atoms with E-state index in [1.165, 1.54) is 40.7 Å². The lowest BCUT2D eigenvalue weighted by Gasteiger charge is -2.50. The summed E-state index contributed by atoms with van der Waals surface area (Å²) < 4.78 is 5.34. The first kappa shape index (κ1) is 29.8. The Morgan fingerprint density at radius 3 is 2.70 bits per heavy atom. The molecule has 224 valence electrons. The van der Waals surface area contributed by atoms with Crippen LogP contribution in [-0.2, 0) is 19.2 Å². The van der Waals surface area contributed by atoms with Crippen LogP contribution in [0.4, 0.5) is 0 Å². The van der Waals surface area contributed by atoms with Crippen molar-refractivity contribution in [3.63, 3.8) is 0 Å². The lowest BCUT2D eigenvalue weighted by molar-refractivity contribution is -0.151. The summed E-state index contributed by atoms with van der Waals surface area (Å²) >= 11 is 2.55. The highest BCUT2D eigenvalue weighted by Crippen LogP contribution is 2.43. The number of aliphatic carboxylic acids is 1. The molecule has 0 spiro atoms. The Morgan fingerprint density at radius 1 is 1.26 bits per heavy atom. The maximum Gasteiger partial charge on any atom is 0.352 e. The number of carboxylic acid groups (broad SMARTS) is 1. The zero-order chi connectivity index (χ0) is 30.7. The number of benzene rings is 1. The number of amides is 3. The number of tetrazole rings is 1. The maximum absolute atomic E-state index is 13.5. The molecule has 1 aromatic carbocycles. The van der Waals surface area contributed by atoms with E-state index in [4.69, 9.17) is 4.74 Å². The smallest absolute Gasteiger partial charge is 0.352 e. The molecule has 0 bridgehead atoms. The number of β-lactam (4-membered cyclic amide) rings is 1. The molecule has 2 aliphatic rings. The Bertz CT molecular complexity index is 1630. The second-order valence-corrected chi connectivity index (χ2v) is 12.0. The van der Waals surface area contributed by atoms with Crippen molar-refractivity contribution in [3.8, 4) is 5.75 Å². The molecule has 3 amide bonds. The van der Waals surface area contributed by atoms with E-state index >= 15 is 0 Å².